The van der Waals surface area contributed by atoms with Gasteiger partial charge in [0.1, 0.15) is 0 Å². The van der Waals surface area contributed by atoms with Gasteiger partial charge in [0.15, 0.2) is 0 Å². The molecule has 0 aliphatic rings. The molecule has 0 aromatic heterocycles. The Kier molecular flexibility index (Phi) is 7.59. The van der Waals surface area contributed by atoms with Gasteiger partial charge in [0.2, 0.25) is 0 Å². The predicted molar refractivity (Wildman–Crippen MR) is 15.8 cm³/mol. The second-order valence-corrected chi connectivity index (χ2v) is 4.52. The van der Waals surface area contributed by atoms with Gasteiger partial charge in [-0.25, -0.2) is 0 Å². The van der Waals surface area contributed by atoms with Crippen molar-refractivity contribution in [3.63, 3.8) is 0 Å². The van der Waals surface area contributed by atoms with E-state index in [9.17, 15) is 23.5 Å². The molecule has 0 fully saturated rings. The molecule has 11 heavy (non-hydrogen) atoms. The average Bonchev–Trinajstić information content (AvgIpc) is 1.14. The summed E-state index contributed by atoms with van der Waals surface area (Å²) in [7, 11) is 0. The fraction of sp³-hybridized carbons (Fsp3) is 0. The number of rotatable bonds is 2. The standard InChI is InChI=1S/2Cr.2H3N.7O/h;;2*1H3;;;;;;;/q;;;;;;;;;2*-1/p+2. The van der Waals surface area contributed by atoms with Crippen LogP contribution in [0.15, 0.2) is 0 Å². The molecule has 0 amide bonds. The molecule has 0 heterocycles. The van der Waals surface area contributed by atoms with Crippen LogP contribution in [-0.4, -0.2) is 0 Å². The van der Waals surface area contributed by atoms with Gasteiger partial charge in [-0.3, -0.25) is 0 Å². The molecule has 11 heteroatoms. The maximum absolute atomic E-state index is 9.38. The Morgan fingerprint density at radius 1 is 0.818 bits per heavy atom. The first kappa shape index (κ1) is 17.2. The molecule has 0 aliphatic carbocycles. The van der Waals surface area contributed by atoms with Gasteiger partial charge in [0, 0.05) is 0 Å². The van der Waals surface area contributed by atoms with Crippen LogP contribution in [0.1, 0.15) is 0 Å². The molecular weight excluding hydrogens is 244 g/mol. The predicted octanol–water partition coefficient (Wildman–Crippen LogP) is -2.17. The quantitative estimate of drug-likeness (QED) is 0.556. The van der Waals surface area contributed by atoms with Gasteiger partial charge >= 0.3 is 53.6 Å². The van der Waals surface area contributed by atoms with Crippen molar-refractivity contribution in [3.05, 3.63) is 0 Å². The summed E-state index contributed by atoms with van der Waals surface area (Å²) in [6, 6.07) is 0. The molecule has 0 rings (SSSR count). The normalized spacial score (nSPS) is 11.1. The number of hydrogen-bond acceptors (Lipinski definition) is 7. The first-order valence-electron chi connectivity index (χ1n) is 1.33. The number of hydrogen-bond donors (Lipinski definition) is 2. The van der Waals surface area contributed by atoms with E-state index in [1.807, 2.05) is 0 Å². The maximum atomic E-state index is 9.38. The zero-order chi connectivity index (χ0) is 7.71. The summed E-state index contributed by atoms with van der Waals surface area (Å²) in [5, 5.41) is 0. The van der Waals surface area contributed by atoms with Gasteiger partial charge in [-0.15, -0.1) is 0 Å². The van der Waals surface area contributed by atoms with Crippen molar-refractivity contribution in [2.75, 3.05) is 0 Å². The first-order chi connectivity index (χ1) is 3.71. The molecule has 0 aliphatic heterocycles. The van der Waals surface area contributed by atoms with Gasteiger partial charge in [-0.05, 0) is 0 Å². The molecule has 0 spiro atoms. The summed E-state index contributed by atoms with van der Waals surface area (Å²) in [6.45, 7) is 0. The van der Waals surface area contributed by atoms with Crippen LogP contribution in [0.4, 0.5) is 0 Å². The molecular formula is H8Cr2N2O7. The van der Waals surface area contributed by atoms with E-state index in [0.717, 1.165) is 0 Å². The minimum atomic E-state index is -6.07. The molecule has 0 unspecified atom stereocenters. The second-order valence-electron chi connectivity index (χ2n) is 0.885. The van der Waals surface area contributed by atoms with Gasteiger partial charge in [-0.1, -0.05) is 0 Å². The van der Waals surface area contributed by atoms with Crippen molar-refractivity contribution in [1.82, 2.24) is 12.3 Å². The fourth-order valence-electron chi connectivity index (χ4n) is 0.102. The van der Waals surface area contributed by atoms with E-state index < -0.39 is 27.2 Å². The van der Waals surface area contributed by atoms with E-state index in [2.05, 4.69) is 2.84 Å². The fourth-order valence-corrected chi connectivity index (χ4v) is 1.74. The van der Waals surface area contributed by atoms with Crippen LogP contribution in [0.2, 0.25) is 0 Å². The third kappa shape index (κ3) is 17.8. The van der Waals surface area contributed by atoms with Crippen molar-refractivity contribution < 1.29 is 53.6 Å². The Labute approximate surface area is 66.3 Å². The zero-order valence-electron chi connectivity index (χ0n) is 5.67. The summed E-state index contributed by atoms with van der Waals surface area (Å²) < 4.78 is 58.9. The van der Waals surface area contributed by atoms with Gasteiger partial charge in [0.05, 0.1) is 0 Å². The van der Waals surface area contributed by atoms with E-state index in [1.165, 1.54) is 0 Å². The van der Waals surface area contributed by atoms with Crippen LogP contribution >= 0.6 is 0 Å². The average molecular weight is 252 g/mol. The van der Waals surface area contributed by atoms with Crippen molar-refractivity contribution in [3.8, 4) is 0 Å². The van der Waals surface area contributed by atoms with Gasteiger partial charge < -0.3 is 12.3 Å². The SMILES string of the molecule is [NH4+].[NH4+].[O]=[Cr](=[O])([O-])[O][Cr](=[O])(=[O])[O-]. The summed E-state index contributed by atoms with van der Waals surface area (Å²) in [5.74, 6) is 0. The summed E-state index contributed by atoms with van der Waals surface area (Å²) in [6.07, 6.45) is 0. The van der Waals surface area contributed by atoms with Crippen molar-refractivity contribution in [2.24, 2.45) is 0 Å². The van der Waals surface area contributed by atoms with Crippen LogP contribution in [0.25, 0.3) is 0 Å². The van der Waals surface area contributed by atoms with Crippen molar-refractivity contribution in [1.29, 1.82) is 0 Å². The summed E-state index contributed by atoms with van der Waals surface area (Å²) >= 11 is -12.1. The molecule has 0 radical (unpaired) electrons. The van der Waals surface area contributed by atoms with E-state index in [0.29, 0.717) is 0 Å². The Balaban J connectivity index is -0.000000320. The molecule has 0 atom stereocenters. The van der Waals surface area contributed by atoms with Crippen LogP contribution in [-0.2, 0) is 45.3 Å². The molecule has 0 bridgehead atoms. The van der Waals surface area contributed by atoms with E-state index in [1.54, 1.807) is 0 Å². The summed E-state index contributed by atoms with van der Waals surface area (Å²) in [5.41, 5.74) is 0. The Bertz CT molecular complexity index is 240. The van der Waals surface area contributed by atoms with Crippen molar-refractivity contribution in [2.45, 2.75) is 0 Å². The van der Waals surface area contributed by atoms with Gasteiger partial charge in [0.25, 0.3) is 0 Å². The molecule has 0 aromatic rings. The monoisotopic (exact) mass is 252 g/mol. The topological polar surface area (TPSA) is 197 Å². The molecule has 9 nitrogen and oxygen atoms in total. The minimum absolute atomic E-state index is 0. The molecule has 0 aromatic carbocycles. The van der Waals surface area contributed by atoms with Crippen LogP contribution < -0.4 is 20.6 Å². The van der Waals surface area contributed by atoms with E-state index in [4.69, 9.17) is 0 Å². The first-order valence-corrected chi connectivity index (χ1v) is 5.50. The molecule has 0 saturated heterocycles. The second kappa shape index (κ2) is 4.85. The Hall–Kier alpha value is 0.0649. The zero-order valence-corrected chi connectivity index (χ0v) is 8.22. The third-order valence-corrected chi connectivity index (χ3v) is 2.83. The van der Waals surface area contributed by atoms with Crippen LogP contribution in [0.3, 0.4) is 0 Å². The van der Waals surface area contributed by atoms with Crippen LogP contribution in [0, 0.1) is 0 Å². The molecule has 72 valence electrons. The van der Waals surface area contributed by atoms with Crippen molar-refractivity contribution >= 4 is 0 Å². The van der Waals surface area contributed by atoms with Gasteiger partial charge in [-0.2, -0.15) is 0 Å². The molecule has 8 N–H and O–H groups in total. The van der Waals surface area contributed by atoms with E-state index in [-0.39, 0.29) is 12.3 Å². The Morgan fingerprint density at radius 3 is 1.00 bits per heavy atom. The Morgan fingerprint density at radius 2 is 1.00 bits per heavy atom. The molecule has 0 saturated carbocycles. The van der Waals surface area contributed by atoms with Crippen LogP contribution in [0.5, 0.6) is 0 Å². The van der Waals surface area contributed by atoms with E-state index >= 15 is 0 Å². The number of quaternary nitrogens is 2. The summed E-state index contributed by atoms with van der Waals surface area (Å²) in [4.78, 5) is 0. The third-order valence-electron chi connectivity index (χ3n) is 0.167.